The molecular weight excluding hydrogens is 348 g/mol. The molecule has 1 heterocycles. The van der Waals surface area contributed by atoms with Crippen LogP contribution in [0.5, 0.6) is 11.5 Å². The fraction of sp³-hybridized carbons (Fsp3) is 0.526. The number of aromatic nitrogens is 3. The molecule has 1 N–H and O–H groups in total. The van der Waals surface area contributed by atoms with Gasteiger partial charge >= 0.3 is 0 Å². The smallest absolute Gasteiger partial charge is 0.216 e. The number of hydrogen-bond donors (Lipinski definition) is 1. The maximum Gasteiger partial charge on any atom is 0.216 e. The van der Waals surface area contributed by atoms with Gasteiger partial charge in [0.25, 0.3) is 0 Å². The van der Waals surface area contributed by atoms with Gasteiger partial charge in [0, 0.05) is 5.92 Å². The molecule has 0 aliphatic heterocycles. The molecule has 0 spiro atoms. The minimum atomic E-state index is 0.424. The first-order valence-corrected chi connectivity index (χ1v) is 9.66. The van der Waals surface area contributed by atoms with Crippen molar-refractivity contribution in [2.45, 2.75) is 51.4 Å². The monoisotopic (exact) mass is 374 g/mol. The average Bonchev–Trinajstić information content (AvgIpc) is 3.06. The predicted octanol–water partition coefficient (Wildman–Crippen LogP) is 4.67. The molecule has 1 fully saturated rings. The van der Waals surface area contributed by atoms with Gasteiger partial charge in [0.05, 0.1) is 19.9 Å². The van der Waals surface area contributed by atoms with Crippen molar-refractivity contribution in [1.82, 2.24) is 14.9 Å². The van der Waals surface area contributed by atoms with Crippen molar-refractivity contribution >= 4 is 18.4 Å². The zero-order valence-electron chi connectivity index (χ0n) is 15.4. The Morgan fingerprint density at radius 1 is 1.31 bits per heavy atom. The third-order valence-corrected chi connectivity index (χ3v) is 4.88. The Bertz CT molecular complexity index is 806. The number of ether oxygens (including phenoxy) is 2. The lowest BCUT2D eigenvalue weighted by molar-refractivity contribution is 0.294. The van der Waals surface area contributed by atoms with E-state index in [0.29, 0.717) is 17.3 Å². The van der Waals surface area contributed by atoms with Crippen LogP contribution in [0, 0.1) is 4.77 Å². The maximum absolute atomic E-state index is 5.76. The fourth-order valence-electron chi connectivity index (χ4n) is 3.26. The second-order valence-electron chi connectivity index (χ2n) is 6.54. The van der Waals surface area contributed by atoms with Crippen LogP contribution < -0.4 is 9.47 Å². The van der Waals surface area contributed by atoms with Gasteiger partial charge in [-0.3, -0.25) is 5.10 Å². The largest absolute Gasteiger partial charge is 0.493 e. The molecule has 140 valence electrons. The van der Waals surface area contributed by atoms with Gasteiger partial charge in [0.1, 0.15) is 0 Å². The van der Waals surface area contributed by atoms with Crippen molar-refractivity contribution in [3.05, 3.63) is 34.4 Å². The molecule has 0 bridgehead atoms. The van der Waals surface area contributed by atoms with Crippen LogP contribution in [0.25, 0.3) is 0 Å². The summed E-state index contributed by atoms with van der Waals surface area (Å²) in [6, 6.07) is 5.77. The number of aromatic amines is 1. The maximum atomic E-state index is 5.76. The zero-order valence-corrected chi connectivity index (χ0v) is 16.2. The van der Waals surface area contributed by atoms with E-state index in [9.17, 15) is 0 Å². The average molecular weight is 375 g/mol. The summed E-state index contributed by atoms with van der Waals surface area (Å²) in [7, 11) is 1.64. The molecule has 1 aromatic carbocycles. The first-order chi connectivity index (χ1) is 12.7. The quantitative estimate of drug-likeness (QED) is 0.565. The Labute approximate surface area is 159 Å². The normalized spacial score (nSPS) is 15.5. The molecule has 0 atom stereocenters. The summed E-state index contributed by atoms with van der Waals surface area (Å²) in [5.74, 6) is 2.80. The van der Waals surface area contributed by atoms with Crippen LogP contribution in [0.2, 0.25) is 0 Å². The van der Waals surface area contributed by atoms with Gasteiger partial charge < -0.3 is 9.47 Å². The number of methoxy groups -OCH3 is 1. The summed E-state index contributed by atoms with van der Waals surface area (Å²) in [6.45, 7) is 2.72. The number of H-pyrrole nitrogens is 1. The number of rotatable bonds is 7. The van der Waals surface area contributed by atoms with E-state index < -0.39 is 0 Å². The molecule has 3 rings (SSSR count). The van der Waals surface area contributed by atoms with Crippen LogP contribution in [0.15, 0.2) is 23.3 Å². The van der Waals surface area contributed by atoms with Gasteiger partial charge in [0.15, 0.2) is 17.3 Å². The highest BCUT2D eigenvalue weighted by atomic mass is 32.1. The summed E-state index contributed by atoms with van der Waals surface area (Å²) in [5, 5.41) is 11.9. The Morgan fingerprint density at radius 2 is 2.12 bits per heavy atom. The SMILES string of the molecule is CCCOc1cc(/C=N\n2c(C3CCCCC3)n[nH]c2=S)ccc1OC. The number of benzene rings is 1. The molecule has 0 saturated heterocycles. The molecule has 0 radical (unpaired) electrons. The third-order valence-electron chi connectivity index (χ3n) is 4.62. The Kier molecular flexibility index (Phi) is 6.44. The molecule has 0 amide bonds. The van der Waals surface area contributed by atoms with Crippen LogP contribution in [0.3, 0.4) is 0 Å². The number of hydrogen-bond acceptors (Lipinski definition) is 5. The molecule has 1 aromatic heterocycles. The van der Waals surface area contributed by atoms with Crippen LogP contribution in [0.1, 0.15) is 62.8 Å². The van der Waals surface area contributed by atoms with E-state index in [4.69, 9.17) is 21.7 Å². The minimum absolute atomic E-state index is 0.424. The summed E-state index contributed by atoms with van der Waals surface area (Å²) in [5.41, 5.74) is 0.926. The molecular formula is C19H26N4O2S. The topological polar surface area (TPSA) is 64.4 Å². The van der Waals surface area contributed by atoms with E-state index in [2.05, 4.69) is 22.2 Å². The van der Waals surface area contributed by atoms with Crippen molar-refractivity contribution in [3.63, 3.8) is 0 Å². The van der Waals surface area contributed by atoms with Gasteiger partial charge in [-0.1, -0.05) is 26.2 Å². The molecule has 2 aromatic rings. The van der Waals surface area contributed by atoms with Crippen LogP contribution in [-0.4, -0.2) is 34.8 Å². The first kappa shape index (κ1) is 18.6. The molecule has 1 saturated carbocycles. The highest BCUT2D eigenvalue weighted by molar-refractivity contribution is 7.71. The van der Waals surface area contributed by atoms with Crippen molar-refractivity contribution in [2.75, 3.05) is 13.7 Å². The van der Waals surface area contributed by atoms with Gasteiger partial charge in [0.2, 0.25) is 4.77 Å². The van der Waals surface area contributed by atoms with Gasteiger partial charge in [-0.05, 0) is 55.2 Å². The summed E-state index contributed by atoms with van der Waals surface area (Å²) < 4.78 is 13.4. The number of nitrogens with one attached hydrogen (secondary N) is 1. The van der Waals surface area contributed by atoms with Crippen LogP contribution in [0.4, 0.5) is 0 Å². The highest BCUT2D eigenvalue weighted by Gasteiger charge is 2.21. The van der Waals surface area contributed by atoms with Crippen LogP contribution >= 0.6 is 12.2 Å². The van der Waals surface area contributed by atoms with Crippen molar-refractivity contribution in [3.8, 4) is 11.5 Å². The molecule has 1 aliphatic carbocycles. The zero-order chi connectivity index (χ0) is 18.4. The lowest BCUT2D eigenvalue weighted by atomic mass is 9.89. The van der Waals surface area contributed by atoms with E-state index in [1.165, 1.54) is 19.3 Å². The van der Waals surface area contributed by atoms with Gasteiger partial charge in [-0.15, -0.1) is 0 Å². The molecule has 1 aliphatic rings. The highest BCUT2D eigenvalue weighted by Crippen LogP contribution is 2.31. The van der Waals surface area contributed by atoms with Crippen molar-refractivity contribution in [2.24, 2.45) is 5.10 Å². The number of nitrogens with zero attached hydrogens (tertiary/aromatic N) is 3. The van der Waals surface area contributed by atoms with E-state index in [1.54, 1.807) is 18.0 Å². The van der Waals surface area contributed by atoms with Crippen molar-refractivity contribution in [1.29, 1.82) is 0 Å². The summed E-state index contributed by atoms with van der Waals surface area (Å²) in [4.78, 5) is 0. The second kappa shape index (κ2) is 8.98. The van der Waals surface area contributed by atoms with Crippen molar-refractivity contribution < 1.29 is 9.47 Å². The standard InChI is InChI=1S/C19H26N4O2S/c1-3-11-25-17-12-14(9-10-16(17)24-2)13-20-23-18(21-22-19(23)26)15-7-5-4-6-8-15/h9-10,12-13,15H,3-8,11H2,1-2H3,(H,22,26)/b20-13-. The minimum Gasteiger partial charge on any atom is -0.493 e. The fourth-order valence-corrected chi connectivity index (χ4v) is 3.45. The lowest BCUT2D eigenvalue weighted by Gasteiger charge is -2.19. The lowest BCUT2D eigenvalue weighted by Crippen LogP contribution is -2.10. The summed E-state index contributed by atoms with van der Waals surface area (Å²) in [6.07, 6.45) is 8.80. The van der Waals surface area contributed by atoms with E-state index >= 15 is 0 Å². The van der Waals surface area contributed by atoms with Crippen LogP contribution in [-0.2, 0) is 0 Å². The van der Waals surface area contributed by atoms with E-state index in [-0.39, 0.29) is 0 Å². The summed E-state index contributed by atoms with van der Waals surface area (Å²) >= 11 is 5.37. The van der Waals surface area contributed by atoms with Gasteiger partial charge in [-0.2, -0.15) is 14.9 Å². The molecule has 26 heavy (non-hydrogen) atoms. The predicted molar refractivity (Wildman–Crippen MR) is 105 cm³/mol. The first-order valence-electron chi connectivity index (χ1n) is 9.25. The Hall–Kier alpha value is -2.15. The Balaban J connectivity index is 1.83. The molecule has 6 nitrogen and oxygen atoms in total. The van der Waals surface area contributed by atoms with Gasteiger partial charge in [-0.25, -0.2) is 0 Å². The molecule has 7 heteroatoms. The molecule has 0 unspecified atom stereocenters. The third kappa shape index (κ3) is 4.33. The second-order valence-corrected chi connectivity index (χ2v) is 6.92. The van der Waals surface area contributed by atoms with E-state index in [1.807, 2.05) is 18.2 Å². The van der Waals surface area contributed by atoms with E-state index in [0.717, 1.165) is 42.1 Å². The Morgan fingerprint density at radius 3 is 2.85 bits per heavy atom.